The lowest BCUT2D eigenvalue weighted by Gasteiger charge is -2.07. The number of benzene rings is 2. The number of rotatable bonds is 5. The third-order valence-electron chi connectivity index (χ3n) is 3.18. The Morgan fingerprint density at radius 2 is 1.95 bits per heavy atom. The predicted octanol–water partition coefficient (Wildman–Crippen LogP) is 4.40. The average Bonchev–Trinajstić information content (AvgIpc) is 2.85. The first kappa shape index (κ1) is 13.9. The van der Waals surface area contributed by atoms with Gasteiger partial charge < -0.3 is 10.1 Å². The van der Waals surface area contributed by atoms with Crippen LogP contribution in [0.15, 0.2) is 42.5 Å². The lowest BCUT2D eigenvalue weighted by Crippen LogP contribution is -2.11. The normalized spacial score (nSPS) is 10.8. The van der Waals surface area contributed by atoms with Crippen molar-refractivity contribution in [1.82, 2.24) is 4.98 Å². The minimum atomic E-state index is 0.623. The van der Waals surface area contributed by atoms with Gasteiger partial charge in [-0.1, -0.05) is 29.5 Å². The third-order valence-corrected chi connectivity index (χ3v) is 4.17. The summed E-state index contributed by atoms with van der Waals surface area (Å²) in [7, 11) is 0. The molecule has 0 amide bonds. The Bertz CT molecular complexity index is 751. The molecule has 1 N–H and O–H groups in total. The van der Waals surface area contributed by atoms with Gasteiger partial charge in [-0.3, -0.25) is 0 Å². The highest BCUT2D eigenvalue weighted by Gasteiger charge is 2.03. The van der Waals surface area contributed by atoms with Crippen LogP contribution in [-0.4, -0.2) is 18.1 Å². The van der Waals surface area contributed by atoms with Crippen LogP contribution in [0.5, 0.6) is 5.75 Å². The quantitative estimate of drug-likeness (QED) is 0.709. The molecule has 1 heterocycles. The van der Waals surface area contributed by atoms with Crippen LogP contribution in [0.3, 0.4) is 0 Å². The van der Waals surface area contributed by atoms with Gasteiger partial charge in [0.2, 0.25) is 0 Å². The van der Waals surface area contributed by atoms with Gasteiger partial charge in [-0.25, -0.2) is 4.98 Å². The van der Waals surface area contributed by atoms with Gasteiger partial charge in [-0.2, -0.15) is 0 Å². The monoisotopic (exact) mass is 298 g/mol. The Hall–Kier alpha value is -2.07. The van der Waals surface area contributed by atoms with Gasteiger partial charge in [0.1, 0.15) is 12.4 Å². The largest absolute Gasteiger partial charge is 0.492 e. The van der Waals surface area contributed by atoms with Crippen molar-refractivity contribution < 1.29 is 4.74 Å². The van der Waals surface area contributed by atoms with Crippen molar-refractivity contribution in [3.05, 3.63) is 53.6 Å². The summed E-state index contributed by atoms with van der Waals surface area (Å²) in [5, 5.41) is 4.27. The maximum Gasteiger partial charge on any atom is 0.183 e. The van der Waals surface area contributed by atoms with Gasteiger partial charge in [-0.15, -0.1) is 0 Å². The maximum absolute atomic E-state index is 5.72. The first-order valence-electron chi connectivity index (χ1n) is 7.01. The second-order valence-corrected chi connectivity index (χ2v) is 6.11. The number of anilines is 1. The molecule has 3 nitrogen and oxygen atoms in total. The summed E-state index contributed by atoms with van der Waals surface area (Å²) in [6, 6.07) is 14.4. The molecule has 0 fully saturated rings. The molecule has 2 aromatic carbocycles. The molecule has 0 bridgehead atoms. The van der Waals surface area contributed by atoms with E-state index in [1.54, 1.807) is 11.3 Å². The molecule has 0 aliphatic carbocycles. The smallest absolute Gasteiger partial charge is 0.183 e. The van der Waals surface area contributed by atoms with E-state index in [9.17, 15) is 0 Å². The van der Waals surface area contributed by atoms with Crippen LogP contribution in [0.1, 0.15) is 11.1 Å². The third kappa shape index (κ3) is 3.52. The molecular weight excluding hydrogens is 280 g/mol. The molecule has 21 heavy (non-hydrogen) atoms. The Kier molecular flexibility index (Phi) is 4.06. The summed E-state index contributed by atoms with van der Waals surface area (Å²) in [4.78, 5) is 4.58. The molecule has 3 aromatic rings. The summed E-state index contributed by atoms with van der Waals surface area (Å²) in [6.07, 6.45) is 0. The number of thiazole rings is 1. The molecule has 0 unspecified atom stereocenters. The molecule has 108 valence electrons. The van der Waals surface area contributed by atoms with E-state index in [2.05, 4.69) is 48.4 Å². The summed E-state index contributed by atoms with van der Waals surface area (Å²) >= 11 is 1.68. The lowest BCUT2D eigenvalue weighted by atomic mass is 10.2. The Morgan fingerprint density at radius 1 is 1.10 bits per heavy atom. The zero-order valence-corrected chi connectivity index (χ0v) is 13.0. The highest BCUT2D eigenvalue weighted by molar-refractivity contribution is 7.22. The minimum Gasteiger partial charge on any atom is -0.492 e. The van der Waals surface area contributed by atoms with Crippen molar-refractivity contribution in [3.8, 4) is 5.75 Å². The lowest BCUT2D eigenvalue weighted by molar-refractivity contribution is 0.332. The van der Waals surface area contributed by atoms with E-state index in [4.69, 9.17) is 4.74 Å². The Morgan fingerprint density at radius 3 is 2.81 bits per heavy atom. The molecule has 0 aliphatic rings. The molecule has 4 heteroatoms. The molecule has 0 saturated heterocycles. The van der Waals surface area contributed by atoms with Crippen LogP contribution in [0.2, 0.25) is 0 Å². The zero-order valence-electron chi connectivity index (χ0n) is 12.2. The van der Waals surface area contributed by atoms with E-state index in [-0.39, 0.29) is 0 Å². The SMILES string of the molecule is Cc1cccc(OCCNc2nc3cc(C)ccc3s2)c1. The van der Waals surface area contributed by atoms with Crippen LogP contribution in [0.4, 0.5) is 5.13 Å². The second kappa shape index (κ2) is 6.14. The Balaban J connectivity index is 1.54. The highest BCUT2D eigenvalue weighted by atomic mass is 32.1. The summed E-state index contributed by atoms with van der Waals surface area (Å²) < 4.78 is 6.93. The van der Waals surface area contributed by atoms with Gasteiger partial charge in [-0.05, 0) is 49.2 Å². The fourth-order valence-electron chi connectivity index (χ4n) is 2.15. The standard InChI is InChI=1S/C17H18N2OS/c1-12-4-3-5-14(10-12)20-9-8-18-17-19-15-11-13(2)6-7-16(15)21-17/h3-7,10-11H,8-9H2,1-2H3,(H,18,19). The van der Waals surface area contributed by atoms with Crippen molar-refractivity contribution in [2.24, 2.45) is 0 Å². The number of ether oxygens (including phenoxy) is 1. The molecule has 3 rings (SSSR count). The van der Waals surface area contributed by atoms with E-state index in [1.807, 2.05) is 18.2 Å². The Labute approximate surface area is 128 Å². The molecule has 1 aromatic heterocycles. The van der Waals surface area contributed by atoms with E-state index < -0.39 is 0 Å². The fourth-order valence-corrected chi connectivity index (χ4v) is 3.02. The minimum absolute atomic E-state index is 0.623. The summed E-state index contributed by atoms with van der Waals surface area (Å²) in [5.74, 6) is 0.914. The van der Waals surface area contributed by atoms with Crippen LogP contribution >= 0.6 is 11.3 Å². The number of aromatic nitrogens is 1. The van der Waals surface area contributed by atoms with Crippen LogP contribution in [0, 0.1) is 13.8 Å². The number of hydrogen-bond acceptors (Lipinski definition) is 4. The summed E-state index contributed by atoms with van der Waals surface area (Å²) in [6.45, 7) is 5.51. The van der Waals surface area contributed by atoms with E-state index in [0.29, 0.717) is 6.61 Å². The number of aryl methyl sites for hydroxylation is 2. The summed E-state index contributed by atoms with van der Waals surface area (Å²) in [5.41, 5.74) is 3.51. The molecular formula is C17H18N2OS. The van der Waals surface area contributed by atoms with Crippen molar-refractivity contribution in [1.29, 1.82) is 0 Å². The molecule has 0 aliphatic heterocycles. The fraction of sp³-hybridized carbons (Fsp3) is 0.235. The molecule has 0 spiro atoms. The van der Waals surface area contributed by atoms with Crippen molar-refractivity contribution in [2.75, 3.05) is 18.5 Å². The van der Waals surface area contributed by atoms with E-state index >= 15 is 0 Å². The van der Waals surface area contributed by atoms with Gasteiger partial charge >= 0.3 is 0 Å². The topological polar surface area (TPSA) is 34.1 Å². The van der Waals surface area contributed by atoms with Gasteiger partial charge in [0, 0.05) is 0 Å². The van der Waals surface area contributed by atoms with Crippen molar-refractivity contribution in [2.45, 2.75) is 13.8 Å². The number of nitrogens with one attached hydrogen (secondary N) is 1. The number of fused-ring (bicyclic) bond motifs is 1. The molecule has 0 saturated carbocycles. The first-order chi connectivity index (χ1) is 10.2. The van der Waals surface area contributed by atoms with Crippen LogP contribution in [-0.2, 0) is 0 Å². The first-order valence-corrected chi connectivity index (χ1v) is 7.83. The van der Waals surface area contributed by atoms with Gasteiger partial charge in [0.25, 0.3) is 0 Å². The van der Waals surface area contributed by atoms with E-state index in [0.717, 1.165) is 22.9 Å². The van der Waals surface area contributed by atoms with Crippen LogP contribution in [0.25, 0.3) is 10.2 Å². The predicted molar refractivity (Wildman–Crippen MR) is 89.5 cm³/mol. The van der Waals surface area contributed by atoms with Crippen LogP contribution < -0.4 is 10.1 Å². The van der Waals surface area contributed by atoms with Crippen molar-refractivity contribution >= 4 is 26.7 Å². The average molecular weight is 298 g/mol. The highest BCUT2D eigenvalue weighted by Crippen LogP contribution is 2.26. The maximum atomic E-state index is 5.72. The zero-order chi connectivity index (χ0) is 14.7. The number of hydrogen-bond donors (Lipinski definition) is 1. The second-order valence-electron chi connectivity index (χ2n) is 5.08. The van der Waals surface area contributed by atoms with Gasteiger partial charge in [0.15, 0.2) is 5.13 Å². The molecule has 0 radical (unpaired) electrons. The number of nitrogens with zero attached hydrogens (tertiary/aromatic N) is 1. The van der Waals surface area contributed by atoms with E-state index in [1.165, 1.54) is 15.8 Å². The van der Waals surface area contributed by atoms with Gasteiger partial charge in [0.05, 0.1) is 16.8 Å². The molecule has 0 atom stereocenters. The van der Waals surface area contributed by atoms with Crippen molar-refractivity contribution in [3.63, 3.8) is 0 Å².